The molecule has 0 spiro atoms. The van der Waals surface area contributed by atoms with E-state index in [9.17, 15) is 9.59 Å². The number of benzene rings is 1. The summed E-state index contributed by atoms with van der Waals surface area (Å²) in [5.41, 5.74) is 0.807. The standard InChI is InChI=1S/C19H20ClN3O4/c20-14-4-2-1-3-13(14)16-17(24)21-7-8-23(16)19(25)15-11-27-18(22-15)12-5-9-26-10-6-12/h1-4,11-12,16H,5-10H2,(H,21,24)/t16-/m0/s1. The average Bonchev–Trinajstić information content (AvgIpc) is 3.19. The van der Waals surface area contributed by atoms with Crippen LogP contribution < -0.4 is 5.32 Å². The number of carbonyl (C=O) groups excluding carboxylic acids is 2. The van der Waals surface area contributed by atoms with Crippen molar-refractivity contribution in [2.75, 3.05) is 26.3 Å². The maximum atomic E-state index is 13.1. The Bertz CT molecular complexity index is 847. The van der Waals surface area contributed by atoms with Crippen LogP contribution in [0.25, 0.3) is 0 Å². The van der Waals surface area contributed by atoms with E-state index in [4.69, 9.17) is 20.8 Å². The summed E-state index contributed by atoms with van der Waals surface area (Å²) in [5.74, 6) is 0.120. The minimum Gasteiger partial charge on any atom is -0.448 e. The van der Waals surface area contributed by atoms with Gasteiger partial charge in [-0.25, -0.2) is 4.98 Å². The van der Waals surface area contributed by atoms with Gasteiger partial charge in [-0.3, -0.25) is 9.59 Å². The molecule has 2 aliphatic rings. The lowest BCUT2D eigenvalue weighted by molar-refractivity contribution is -0.128. The van der Waals surface area contributed by atoms with Gasteiger partial charge in [0.1, 0.15) is 12.3 Å². The molecule has 0 aliphatic carbocycles. The van der Waals surface area contributed by atoms with Gasteiger partial charge in [0.15, 0.2) is 11.6 Å². The van der Waals surface area contributed by atoms with Crippen molar-refractivity contribution >= 4 is 23.4 Å². The lowest BCUT2D eigenvalue weighted by Crippen LogP contribution is -2.52. The van der Waals surface area contributed by atoms with Crippen molar-refractivity contribution in [2.24, 2.45) is 0 Å². The maximum absolute atomic E-state index is 13.1. The zero-order valence-corrected chi connectivity index (χ0v) is 15.4. The molecule has 1 aromatic carbocycles. The van der Waals surface area contributed by atoms with Gasteiger partial charge in [0.2, 0.25) is 5.91 Å². The highest BCUT2D eigenvalue weighted by molar-refractivity contribution is 6.31. The van der Waals surface area contributed by atoms with Crippen LogP contribution in [0.3, 0.4) is 0 Å². The van der Waals surface area contributed by atoms with Crippen LogP contribution in [-0.2, 0) is 9.53 Å². The summed E-state index contributed by atoms with van der Waals surface area (Å²) in [5, 5.41) is 3.25. The predicted molar refractivity (Wildman–Crippen MR) is 97.5 cm³/mol. The summed E-state index contributed by atoms with van der Waals surface area (Å²) in [7, 11) is 0. The van der Waals surface area contributed by atoms with Crippen molar-refractivity contribution in [3.63, 3.8) is 0 Å². The van der Waals surface area contributed by atoms with Gasteiger partial charge in [0.25, 0.3) is 5.91 Å². The van der Waals surface area contributed by atoms with E-state index in [1.165, 1.54) is 11.2 Å². The molecule has 1 aromatic heterocycles. The summed E-state index contributed by atoms with van der Waals surface area (Å²) in [4.78, 5) is 31.5. The lowest BCUT2D eigenvalue weighted by atomic mass is 10.0. The molecule has 1 N–H and O–H groups in total. The zero-order chi connectivity index (χ0) is 18.8. The van der Waals surface area contributed by atoms with Crippen molar-refractivity contribution in [1.82, 2.24) is 15.2 Å². The van der Waals surface area contributed by atoms with E-state index < -0.39 is 6.04 Å². The van der Waals surface area contributed by atoms with Gasteiger partial charge in [0.05, 0.1) is 0 Å². The third-order valence-corrected chi connectivity index (χ3v) is 5.33. The number of aromatic nitrogens is 1. The molecule has 8 heteroatoms. The Morgan fingerprint density at radius 2 is 2.04 bits per heavy atom. The molecule has 0 radical (unpaired) electrons. The number of hydrogen-bond acceptors (Lipinski definition) is 5. The molecule has 2 amide bonds. The van der Waals surface area contributed by atoms with Crippen molar-refractivity contribution in [2.45, 2.75) is 24.8 Å². The molecular formula is C19H20ClN3O4. The molecule has 2 fully saturated rings. The summed E-state index contributed by atoms with van der Waals surface area (Å²) in [6.45, 7) is 2.09. The Hall–Kier alpha value is -2.38. The maximum Gasteiger partial charge on any atom is 0.276 e. The second kappa shape index (κ2) is 7.70. The molecule has 7 nitrogen and oxygen atoms in total. The Labute approximate surface area is 161 Å². The van der Waals surface area contributed by atoms with Crippen LogP contribution in [0.2, 0.25) is 5.02 Å². The van der Waals surface area contributed by atoms with Crippen molar-refractivity contribution < 1.29 is 18.7 Å². The summed E-state index contributed by atoms with van der Waals surface area (Å²) in [6, 6.07) is 6.26. The lowest BCUT2D eigenvalue weighted by Gasteiger charge is -2.35. The second-order valence-electron chi connectivity index (χ2n) is 6.67. The number of ether oxygens (including phenoxy) is 1. The number of oxazole rings is 1. The Balaban J connectivity index is 1.60. The van der Waals surface area contributed by atoms with Crippen molar-refractivity contribution in [1.29, 1.82) is 0 Å². The molecule has 2 saturated heterocycles. The highest BCUT2D eigenvalue weighted by Crippen LogP contribution is 2.31. The number of halogens is 1. The first-order chi connectivity index (χ1) is 13.1. The monoisotopic (exact) mass is 389 g/mol. The van der Waals surface area contributed by atoms with E-state index in [1.807, 2.05) is 0 Å². The first-order valence-corrected chi connectivity index (χ1v) is 9.39. The van der Waals surface area contributed by atoms with Gasteiger partial charge >= 0.3 is 0 Å². The van der Waals surface area contributed by atoms with E-state index in [0.29, 0.717) is 42.8 Å². The van der Waals surface area contributed by atoms with Crippen molar-refractivity contribution in [3.05, 3.63) is 52.7 Å². The highest BCUT2D eigenvalue weighted by atomic mass is 35.5. The van der Waals surface area contributed by atoms with Crippen LogP contribution in [-0.4, -0.2) is 48.0 Å². The largest absolute Gasteiger partial charge is 0.448 e. The minimum atomic E-state index is -0.789. The molecule has 3 heterocycles. The topological polar surface area (TPSA) is 84.7 Å². The summed E-state index contributed by atoms with van der Waals surface area (Å²) < 4.78 is 10.9. The molecule has 2 aliphatic heterocycles. The normalized spacial score (nSPS) is 21.1. The van der Waals surface area contributed by atoms with Gasteiger partial charge in [0, 0.05) is 42.8 Å². The molecule has 0 unspecified atom stereocenters. The van der Waals surface area contributed by atoms with Gasteiger partial charge in [-0.1, -0.05) is 29.8 Å². The number of hydrogen-bond donors (Lipinski definition) is 1. The van der Waals surface area contributed by atoms with Gasteiger partial charge in [-0.15, -0.1) is 0 Å². The fraction of sp³-hybridized carbons (Fsp3) is 0.421. The molecule has 1 atom stereocenters. The second-order valence-corrected chi connectivity index (χ2v) is 7.08. The molecule has 27 heavy (non-hydrogen) atoms. The van der Waals surface area contributed by atoms with Crippen LogP contribution in [0.15, 0.2) is 34.9 Å². The fourth-order valence-corrected chi connectivity index (χ4v) is 3.80. The van der Waals surface area contributed by atoms with Crippen LogP contribution in [0, 0.1) is 0 Å². The van der Waals surface area contributed by atoms with Crippen LogP contribution in [0.5, 0.6) is 0 Å². The zero-order valence-electron chi connectivity index (χ0n) is 14.7. The van der Waals surface area contributed by atoms with E-state index in [-0.39, 0.29) is 23.4 Å². The van der Waals surface area contributed by atoms with Gasteiger partial charge < -0.3 is 19.4 Å². The number of nitrogens with one attached hydrogen (secondary N) is 1. The Kier molecular flexibility index (Phi) is 5.13. The predicted octanol–water partition coefficient (Wildman–Crippen LogP) is 2.54. The molecule has 4 rings (SSSR count). The third kappa shape index (κ3) is 3.57. The smallest absolute Gasteiger partial charge is 0.276 e. The van der Waals surface area contributed by atoms with Gasteiger partial charge in [-0.2, -0.15) is 0 Å². The van der Waals surface area contributed by atoms with Crippen LogP contribution >= 0.6 is 11.6 Å². The number of rotatable bonds is 3. The third-order valence-electron chi connectivity index (χ3n) is 4.98. The fourth-order valence-electron chi connectivity index (χ4n) is 3.56. The van der Waals surface area contributed by atoms with E-state index in [1.54, 1.807) is 24.3 Å². The first-order valence-electron chi connectivity index (χ1n) is 9.01. The van der Waals surface area contributed by atoms with Crippen LogP contribution in [0.1, 0.15) is 46.7 Å². The molecule has 0 bridgehead atoms. The minimum absolute atomic E-state index is 0.157. The molecule has 2 aromatic rings. The SMILES string of the molecule is O=C1NCCN(C(=O)c2coc(C3CCOCC3)n2)[C@H]1c1ccccc1Cl. The average molecular weight is 390 g/mol. The summed E-state index contributed by atoms with van der Waals surface area (Å²) >= 11 is 6.28. The van der Waals surface area contributed by atoms with Gasteiger partial charge in [-0.05, 0) is 18.9 Å². The highest BCUT2D eigenvalue weighted by Gasteiger charge is 2.37. The van der Waals surface area contributed by atoms with E-state index >= 15 is 0 Å². The summed E-state index contributed by atoms with van der Waals surface area (Å²) in [6.07, 6.45) is 3.02. The van der Waals surface area contributed by atoms with E-state index in [0.717, 1.165) is 12.8 Å². The molecule has 0 saturated carbocycles. The Morgan fingerprint density at radius 3 is 2.81 bits per heavy atom. The molecule has 142 valence electrons. The molecular weight excluding hydrogens is 370 g/mol. The number of amides is 2. The van der Waals surface area contributed by atoms with Crippen molar-refractivity contribution in [3.8, 4) is 0 Å². The van der Waals surface area contributed by atoms with Crippen LogP contribution in [0.4, 0.5) is 0 Å². The number of piperazine rings is 1. The quantitative estimate of drug-likeness (QED) is 0.871. The van der Waals surface area contributed by atoms with E-state index in [2.05, 4.69) is 10.3 Å². The first kappa shape index (κ1) is 18.0. The number of carbonyl (C=O) groups is 2. The Morgan fingerprint density at radius 1 is 1.26 bits per heavy atom. The number of nitrogens with zero attached hydrogens (tertiary/aromatic N) is 2.